The standard InChI is InChI=1S/C15H26O2/c1-11-6-8-15(9-7-11)12(2)4-5-13(15)14(3,17)10-16/h6,12-13,16-17H,4-5,7-10H2,1-3H3/t12-,13+,14?,15-/m1/s1. The van der Waals surface area contributed by atoms with Gasteiger partial charge >= 0.3 is 0 Å². The third kappa shape index (κ3) is 2.06. The first kappa shape index (κ1) is 13.1. The van der Waals surface area contributed by atoms with E-state index in [2.05, 4.69) is 19.9 Å². The molecule has 2 heteroatoms. The van der Waals surface area contributed by atoms with Gasteiger partial charge in [-0.1, -0.05) is 18.6 Å². The van der Waals surface area contributed by atoms with Gasteiger partial charge in [0.1, 0.15) is 0 Å². The van der Waals surface area contributed by atoms with Crippen molar-refractivity contribution in [3.63, 3.8) is 0 Å². The minimum absolute atomic E-state index is 0.116. The van der Waals surface area contributed by atoms with Crippen LogP contribution in [0.4, 0.5) is 0 Å². The number of allylic oxidation sites excluding steroid dienone is 2. The fourth-order valence-electron chi connectivity index (χ4n) is 4.14. The molecule has 0 saturated heterocycles. The van der Waals surface area contributed by atoms with Gasteiger partial charge in [0, 0.05) is 0 Å². The van der Waals surface area contributed by atoms with Gasteiger partial charge in [-0.2, -0.15) is 0 Å². The molecule has 4 atom stereocenters. The molecular weight excluding hydrogens is 212 g/mol. The second-order valence-corrected chi connectivity index (χ2v) is 6.53. The van der Waals surface area contributed by atoms with E-state index in [-0.39, 0.29) is 17.9 Å². The highest BCUT2D eigenvalue weighted by Crippen LogP contribution is 2.58. The molecule has 98 valence electrons. The lowest BCUT2D eigenvalue weighted by Crippen LogP contribution is -2.47. The maximum absolute atomic E-state index is 10.5. The predicted octanol–water partition coefficient (Wildman–Crippen LogP) is 2.89. The zero-order valence-electron chi connectivity index (χ0n) is 11.4. The van der Waals surface area contributed by atoms with E-state index in [9.17, 15) is 10.2 Å². The molecule has 0 radical (unpaired) electrons. The Morgan fingerprint density at radius 3 is 2.71 bits per heavy atom. The van der Waals surface area contributed by atoms with Crippen molar-refractivity contribution in [2.24, 2.45) is 17.3 Å². The van der Waals surface area contributed by atoms with Crippen molar-refractivity contribution in [3.05, 3.63) is 11.6 Å². The molecule has 0 heterocycles. The Bertz CT molecular complexity index is 319. The van der Waals surface area contributed by atoms with Crippen LogP contribution in [0.15, 0.2) is 11.6 Å². The fraction of sp³-hybridized carbons (Fsp3) is 0.867. The predicted molar refractivity (Wildman–Crippen MR) is 69.6 cm³/mol. The van der Waals surface area contributed by atoms with Crippen LogP contribution in [0.5, 0.6) is 0 Å². The summed E-state index contributed by atoms with van der Waals surface area (Å²) in [6, 6.07) is 0. The first-order valence-electron chi connectivity index (χ1n) is 6.91. The summed E-state index contributed by atoms with van der Waals surface area (Å²) >= 11 is 0. The van der Waals surface area contributed by atoms with Gasteiger partial charge in [-0.3, -0.25) is 0 Å². The van der Waals surface area contributed by atoms with Crippen LogP contribution in [0.25, 0.3) is 0 Å². The van der Waals surface area contributed by atoms with Gasteiger partial charge in [0.05, 0.1) is 12.2 Å². The average Bonchev–Trinajstić information content (AvgIpc) is 2.62. The number of aliphatic hydroxyl groups excluding tert-OH is 1. The quantitative estimate of drug-likeness (QED) is 0.726. The molecular formula is C15H26O2. The monoisotopic (exact) mass is 238 g/mol. The highest BCUT2D eigenvalue weighted by atomic mass is 16.3. The first-order valence-corrected chi connectivity index (χ1v) is 6.91. The molecule has 2 nitrogen and oxygen atoms in total. The summed E-state index contributed by atoms with van der Waals surface area (Å²) in [5, 5.41) is 19.9. The first-order chi connectivity index (χ1) is 7.92. The van der Waals surface area contributed by atoms with Crippen LogP contribution in [0, 0.1) is 17.3 Å². The van der Waals surface area contributed by atoms with Gasteiger partial charge in [0.2, 0.25) is 0 Å². The Labute approximate surface area is 105 Å². The molecule has 17 heavy (non-hydrogen) atoms. The summed E-state index contributed by atoms with van der Waals surface area (Å²) in [5.74, 6) is 0.911. The topological polar surface area (TPSA) is 40.5 Å². The van der Waals surface area contributed by atoms with Gasteiger partial charge in [-0.05, 0) is 63.2 Å². The smallest absolute Gasteiger partial charge is 0.0882 e. The van der Waals surface area contributed by atoms with E-state index < -0.39 is 5.60 Å². The SMILES string of the molecule is CC1=CC[C@@]2(CC1)[C@H](C)CC[C@H]2C(C)(O)CO. The number of aliphatic hydroxyl groups is 2. The highest BCUT2D eigenvalue weighted by Gasteiger charge is 2.53. The molecule has 0 amide bonds. The molecule has 1 saturated carbocycles. The molecule has 0 bridgehead atoms. The molecule has 0 aromatic rings. The fourth-order valence-corrected chi connectivity index (χ4v) is 4.14. The summed E-state index contributed by atoms with van der Waals surface area (Å²) in [7, 11) is 0. The van der Waals surface area contributed by atoms with Crippen molar-refractivity contribution >= 4 is 0 Å². The molecule has 0 aromatic heterocycles. The van der Waals surface area contributed by atoms with Crippen LogP contribution in [0.1, 0.15) is 52.9 Å². The summed E-state index contributed by atoms with van der Waals surface area (Å²) < 4.78 is 0. The van der Waals surface area contributed by atoms with Crippen LogP contribution < -0.4 is 0 Å². The molecule has 0 aliphatic heterocycles. The van der Waals surface area contributed by atoms with Crippen molar-refractivity contribution < 1.29 is 10.2 Å². The van der Waals surface area contributed by atoms with Crippen molar-refractivity contribution in [1.82, 2.24) is 0 Å². The Morgan fingerprint density at radius 1 is 1.47 bits per heavy atom. The lowest BCUT2D eigenvalue weighted by atomic mass is 9.60. The molecule has 1 unspecified atom stereocenters. The largest absolute Gasteiger partial charge is 0.393 e. The summed E-state index contributed by atoms with van der Waals surface area (Å²) in [6.45, 7) is 6.21. The number of hydrogen-bond donors (Lipinski definition) is 2. The Balaban J connectivity index is 2.29. The third-order valence-electron chi connectivity index (χ3n) is 5.45. The van der Waals surface area contributed by atoms with Gasteiger partial charge < -0.3 is 10.2 Å². The minimum atomic E-state index is -0.913. The summed E-state index contributed by atoms with van der Waals surface area (Å²) in [6.07, 6.45) is 8.02. The van der Waals surface area contributed by atoms with Crippen molar-refractivity contribution in [2.45, 2.75) is 58.5 Å². The minimum Gasteiger partial charge on any atom is -0.393 e. The second-order valence-electron chi connectivity index (χ2n) is 6.53. The van der Waals surface area contributed by atoms with E-state index in [0.29, 0.717) is 5.92 Å². The normalized spacial score (nSPS) is 41.4. The van der Waals surface area contributed by atoms with E-state index in [4.69, 9.17) is 0 Å². The third-order valence-corrected chi connectivity index (χ3v) is 5.45. The Morgan fingerprint density at radius 2 is 2.18 bits per heavy atom. The van der Waals surface area contributed by atoms with E-state index in [1.165, 1.54) is 18.4 Å². The molecule has 0 aromatic carbocycles. The molecule has 1 fully saturated rings. The molecule has 2 aliphatic rings. The van der Waals surface area contributed by atoms with E-state index in [0.717, 1.165) is 19.3 Å². The highest BCUT2D eigenvalue weighted by molar-refractivity contribution is 5.14. The van der Waals surface area contributed by atoms with Gasteiger partial charge in [0.15, 0.2) is 0 Å². The molecule has 2 aliphatic carbocycles. The van der Waals surface area contributed by atoms with Crippen LogP contribution in [-0.4, -0.2) is 22.4 Å². The second kappa shape index (κ2) is 4.40. The molecule has 2 rings (SSSR count). The zero-order chi connectivity index (χ0) is 12.7. The zero-order valence-corrected chi connectivity index (χ0v) is 11.4. The average molecular weight is 238 g/mol. The van der Waals surface area contributed by atoms with Crippen LogP contribution in [-0.2, 0) is 0 Å². The lowest BCUT2D eigenvalue weighted by Gasteiger charge is -2.46. The maximum atomic E-state index is 10.5. The molecule has 2 N–H and O–H groups in total. The van der Waals surface area contributed by atoms with E-state index >= 15 is 0 Å². The van der Waals surface area contributed by atoms with Crippen LogP contribution >= 0.6 is 0 Å². The summed E-state index contributed by atoms with van der Waals surface area (Å²) in [5.41, 5.74) is 0.799. The lowest BCUT2D eigenvalue weighted by molar-refractivity contribution is -0.0937. The summed E-state index contributed by atoms with van der Waals surface area (Å²) in [4.78, 5) is 0. The van der Waals surface area contributed by atoms with Crippen molar-refractivity contribution in [2.75, 3.05) is 6.61 Å². The van der Waals surface area contributed by atoms with Gasteiger partial charge in [-0.25, -0.2) is 0 Å². The van der Waals surface area contributed by atoms with Crippen molar-refractivity contribution in [1.29, 1.82) is 0 Å². The van der Waals surface area contributed by atoms with E-state index in [1.807, 2.05) is 6.92 Å². The van der Waals surface area contributed by atoms with Crippen LogP contribution in [0.3, 0.4) is 0 Å². The number of rotatable bonds is 2. The number of hydrogen-bond acceptors (Lipinski definition) is 2. The molecule has 1 spiro atoms. The van der Waals surface area contributed by atoms with Gasteiger partial charge in [-0.15, -0.1) is 0 Å². The maximum Gasteiger partial charge on any atom is 0.0882 e. The Kier molecular flexibility index (Phi) is 3.39. The van der Waals surface area contributed by atoms with Crippen LogP contribution in [0.2, 0.25) is 0 Å². The Hall–Kier alpha value is -0.340. The van der Waals surface area contributed by atoms with Gasteiger partial charge in [0.25, 0.3) is 0 Å². The van der Waals surface area contributed by atoms with Crippen molar-refractivity contribution in [3.8, 4) is 0 Å². The van der Waals surface area contributed by atoms with E-state index in [1.54, 1.807) is 0 Å².